The second-order valence-electron chi connectivity index (χ2n) is 5.74. The summed E-state index contributed by atoms with van der Waals surface area (Å²) in [5.74, 6) is -1.01. The van der Waals surface area contributed by atoms with E-state index in [1.807, 2.05) is 0 Å². The number of oxazole rings is 1. The lowest BCUT2D eigenvalue weighted by molar-refractivity contribution is -0.124. The fraction of sp³-hybridized carbons (Fsp3) is 0.211. The lowest BCUT2D eigenvalue weighted by Crippen LogP contribution is -2.32. The Morgan fingerprint density at radius 3 is 2.88 bits per heavy atom. The molecule has 0 bridgehead atoms. The first kappa shape index (κ1) is 17.9. The molecule has 3 aromatic rings. The van der Waals surface area contributed by atoms with Gasteiger partial charge < -0.3 is 14.5 Å². The summed E-state index contributed by atoms with van der Waals surface area (Å²) in [6.45, 7) is 3.57. The SMILES string of the molecule is CCC(OC(=O)c1ccc2ocnc2c1)C(=O)Nc1cccc(Cl)c1C. The lowest BCUT2D eigenvalue weighted by atomic mass is 10.1. The Balaban J connectivity index is 1.72. The fourth-order valence-corrected chi connectivity index (χ4v) is 2.63. The molecule has 0 spiro atoms. The van der Waals surface area contributed by atoms with Crippen LogP contribution in [0.5, 0.6) is 0 Å². The van der Waals surface area contributed by atoms with Crippen molar-refractivity contribution in [3.8, 4) is 0 Å². The predicted molar refractivity (Wildman–Crippen MR) is 98.3 cm³/mol. The number of hydrogen-bond acceptors (Lipinski definition) is 5. The number of nitrogens with one attached hydrogen (secondary N) is 1. The minimum absolute atomic E-state index is 0.302. The van der Waals surface area contributed by atoms with Crippen LogP contribution in [-0.4, -0.2) is 23.0 Å². The summed E-state index contributed by atoms with van der Waals surface area (Å²) < 4.78 is 10.5. The van der Waals surface area contributed by atoms with Crippen molar-refractivity contribution in [3.63, 3.8) is 0 Å². The molecule has 0 saturated heterocycles. The molecule has 1 N–H and O–H groups in total. The molecule has 2 aromatic carbocycles. The summed E-state index contributed by atoms with van der Waals surface area (Å²) in [6, 6.07) is 9.99. The fourth-order valence-electron chi connectivity index (χ4n) is 2.46. The van der Waals surface area contributed by atoms with E-state index in [9.17, 15) is 9.59 Å². The quantitative estimate of drug-likeness (QED) is 0.673. The van der Waals surface area contributed by atoms with E-state index in [1.54, 1.807) is 50.2 Å². The standard InChI is InChI=1S/C19H17ClN2O4/c1-3-16(18(23)22-14-6-4-5-13(20)11(14)2)26-19(24)12-7-8-17-15(9-12)21-10-25-17/h4-10,16H,3H2,1-2H3,(H,22,23). The summed E-state index contributed by atoms with van der Waals surface area (Å²) in [4.78, 5) is 28.9. The van der Waals surface area contributed by atoms with Crippen LogP contribution in [0, 0.1) is 6.92 Å². The predicted octanol–water partition coefficient (Wildman–Crippen LogP) is 4.36. The van der Waals surface area contributed by atoms with Gasteiger partial charge in [-0.3, -0.25) is 4.79 Å². The van der Waals surface area contributed by atoms with Crippen molar-refractivity contribution < 1.29 is 18.7 Å². The second kappa shape index (κ2) is 7.58. The van der Waals surface area contributed by atoms with E-state index in [1.165, 1.54) is 6.39 Å². The molecule has 1 amide bonds. The molecule has 1 atom stereocenters. The third-order valence-electron chi connectivity index (χ3n) is 4.00. The molecule has 0 aliphatic carbocycles. The number of amides is 1. The number of carbonyl (C=O) groups excluding carboxylic acids is 2. The molecule has 0 aliphatic heterocycles. The van der Waals surface area contributed by atoms with Gasteiger partial charge in [-0.1, -0.05) is 24.6 Å². The minimum Gasteiger partial charge on any atom is -0.449 e. The maximum atomic E-state index is 12.5. The Labute approximate surface area is 155 Å². The number of carbonyl (C=O) groups is 2. The van der Waals surface area contributed by atoms with Gasteiger partial charge in [0, 0.05) is 10.7 Å². The summed E-state index contributed by atoms with van der Waals surface area (Å²) in [7, 11) is 0. The van der Waals surface area contributed by atoms with Crippen LogP contribution in [0.3, 0.4) is 0 Å². The van der Waals surface area contributed by atoms with Crippen LogP contribution in [0.1, 0.15) is 29.3 Å². The summed E-state index contributed by atoms with van der Waals surface area (Å²) >= 11 is 6.06. The normalized spacial score (nSPS) is 12.0. The van der Waals surface area contributed by atoms with Crippen molar-refractivity contribution in [2.45, 2.75) is 26.4 Å². The van der Waals surface area contributed by atoms with Crippen molar-refractivity contribution in [1.29, 1.82) is 0 Å². The van der Waals surface area contributed by atoms with Gasteiger partial charge in [0.15, 0.2) is 18.1 Å². The van der Waals surface area contributed by atoms with Crippen molar-refractivity contribution in [2.24, 2.45) is 0 Å². The highest BCUT2D eigenvalue weighted by Gasteiger charge is 2.23. The van der Waals surface area contributed by atoms with E-state index in [0.717, 1.165) is 5.56 Å². The van der Waals surface area contributed by atoms with Crippen molar-refractivity contribution in [3.05, 3.63) is 58.9 Å². The number of aromatic nitrogens is 1. The number of rotatable bonds is 5. The monoisotopic (exact) mass is 372 g/mol. The van der Waals surface area contributed by atoms with Gasteiger partial charge in [0.2, 0.25) is 0 Å². The molecule has 0 aliphatic rings. The van der Waals surface area contributed by atoms with Crippen molar-refractivity contribution >= 4 is 40.3 Å². The van der Waals surface area contributed by atoms with Crippen LogP contribution in [0.4, 0.5) is 5.69 Å². The molecule has 0 saturated carbocycles. The van der Waals surface area contributed by atoms with Gasteiger partial charge in [-0.2, -0.15) is 0 Å². The molecule has 0 radical (unpaired) electrons. The smallest absolute Gasteiger partial charge is 0.338 e. The molecule has 3 rings (SSSR count). The zero-order valence-corrected chi connectivity index (χ0v) is 15.0. The Morgan fingerprint density at radius 1 is 1.31 bits per heavy atom. The lowest BCUT2D eigenvalue weighted by Gasteiger charge is -2.17. The third kappa shape index (κ3) is 3.70. The van der Waals surface area contributed by atoms with Crippen molar-refractivity contribution in [1.82, 2.24) is 4.98 Å². The summed E-state index contributed by atoms with van der Waals surface area (Å²) in [6.07, 6.45) is 0.715. The molecular formula is C19H17ClN2O4. The van der Waals surface area contributed by atoms with Crippen LogP contribution in [-0.2, 0) is 9.53 Å². The number of benzene rings is 2. The number of anilines is 1. The number of fused-ring (bicyclic) bond motifs is 1. The first-order chi connectivity index (χ1) is 12.5. The average Bonchev–Trinajstić information content (AvgIpc) is 3.10. The third-order valence-corrected chi connectivity index (χ3v) is 4.41. The number of halogens is 1. The molecule has 1 unspecified atom stereocenters. The molecule has 1 heterocycles. The van der Waals surface area contributed by atoms with Crippen LogP contribution >= 0.6 is 11.6 Å². The van der Waals surface area contributed by atoms with Gasteiger partial charge in [0.25, 0.3) is 5.91 Å². The van der Waals surface area contributed by atoms with Crippen LogP contribution in [0.25, 0.3) is 11.1 Å². The first-order valence-electron chi connectivity index (χ1n) is 8.09. The summed E-state index contributed by atoms with van der Waals surface area (Å²) in [5, 5.41) is 3.31. The molecular weight excluding hydrogens is 356 g/mol. The first-order valence-corrected chi connectivity index (χ1v) is 8.47. The second-order valence-corrected chi connectivity index (χ2v) is 6.15. The van der Waals surface area contributed by atoms with Crippen LogP contribution in [0.15, 0.2) is 47.2 Å². The molecule has 134 valence electrons. The average molecular weight is 373 g/mol. The van der Waals surface area contributed by atoms with E-state index < -0.39 is 18.0 Å². The summed E-state index contributed by atoms with van der Waals surface area (Å²) in [5.41, 5.74) is 2.76. The number of hydrogen-bond donors (Lipinski definition) is 1. The Kier molecular flexibility index (Phi) is 5.23. The van der Waals surface area contributed by atoms with Gasteiger partial charge in [0.05, 0.1) is 5.56 Å². The van der Waals surface area contributed by atoms with E-state index in [4.69, 9.17) is 20.8 Å². The zero-order chi connectivity index (χ0) is 18.7. The van der Waals surface area contributed by atoms with Crippen LogP contribution < -0.4 is 5.32 Å². The molecule has 26 heavy (non-hydrogen) atoms. The molecule has 0 fully saturated rings. The van der Waals surface area contributed by atoms with Crippen molar-refractivity contribution in [2.75, 3.05) is 5.32 Å². The van der Waals surface area contributed by atoms with Crippen LogP contribution in [0.2, 0.25) is 5.02 Å². The zero-order valence-electron chi connectivity index (χ0n) is 14.3. The maximum Gasteiger partial charge on any atom is 0.338 e. The minimum atomic E-state index is -0.922. The van der Waals surface area contributed by atoms with E-state index in [2.05, 4.69) is 10.3 Å². The largest absolute Gasteiger partial charge is 0.449 e. The van der Waals surface area contributed by atoms with E-state index in [0.29, 0.717) is 33.8 Å². The number of nitrogens with zero attached hydrogens (tertiary/aromatic N) is 1. The molecule has 7 heteroatoms. The molecule has 1 aromatic heterocycles. The van der Waals surface area contributed by atoms with E-state index in [-0.39, 0.29) is 0 Å². The van der Waals surface area contributed by atoms with Gasteiger partial charge in [0.1, 0.15) is 5.52 Å². The number of esters is 1. The maximum absolute atomic E-state index is 12.5. The Morgan fingerprint density at radius 2 is 2.12 bits per heavy atom. The highest BCUT2D eigenvalue weighted by atomic mass is 35.5. The van der Waals surface area contributed by atoms with Gasteiger partial charge >= 0.3 is 5.97 Å². The Bertz CT molecular complexity index is 967. The molecule has 6 nitrogen and oxygen atoms in total. The highest BCUT2D eigenvalue weighted by molar-refractivity contribution is 6.31. The van der Waals surface area contributed by atoms with Gasteiger partial charge in [-0.15, -0.1) is 0 Å². The highest BCUT2D eigenvalue weighted by Crippen LogP contribution is 2.23. The van der Waals surface area contributed by atoms with E-state index >= 15 is 0 Å². The van der Waals surface area contributed by atoms with Gasteiger partial charge in [-0.05, 0) is 49.2 Å². The van der Waals surface area contributed by atoms with Gasteiger partial charge in [-0.25, -0.2) is 9.78 Å². The Hall–Kier alpha value is -2.86. The number of ether oxygens (including phenoxy) is 1. The topological polar surface area (TPSA) is 81.4 Å².